The zero-order valence-corrected chi connectivity index (χ0v) is 8.11. The molecule has 6 heteroatoms. The molecule has 0 aliphatic carbocycles. The first kappa shape index (κ1) is 15.3. The Bertz CT molecular complexity index is 143. The van der Waals surface area contributed by atoms with Gasteiger partial charge in [-0.05, 0) is 12.8 Å². The summed E-state index contributed by atoms with van der Waals surface area (Å²) in [5.41, 5.74) is 0. The van der Waals surface area contributed by atoms with Gasteiger partial charge in [0.2, 0.25) is 0 Å². The van der Waals surface area contributed by atoms with Crippen LogP contribution in [0.4, 0.5) is 0 Å². The zero-order chi connectivity index (χ0) is 11.4. The molecule has 0 aliphatic heterocycles. The molecule has 0 heterocycles. The minimum atomic E-state index is -0.784. The molecule has 6 N–H and O–H groups in total. The molecule has 6 nitrogen and oxygen atoms in total. The number of carboxylic acid groups (broad SMARTS) is 2. The van der Waals surface area contributed by atoms with Crippen molar-refractivity contribution in [2.45, 2.75) is 38.5 Å². The van der Waals surface area contributed by atoms with Gasteiger partial charge < -0.3 is 10.2 Å². The van der Waals surface area contributed by atoms with Gasteiger partial charge in [-0.1, -0.05) is 12.8 Å². The van der Waals surface area contributed by atoms with Crippen LogP contribution < -0.4 is 11.7 Å². The monoisotopic (exact) mass is 206 g/mol. The molecule has 14 heavy (non-hydrogen) atoms. The lowest BCUT2D eigenvalue weighted by Gasteiger charge is -1.96. The van der Waals surface area contributed by atoms with Crippen molar-refractivity contribution in [3.63, 3.8) is 0 Å². The molecule has 0 aromatic heterocycles. The molecule has 0 aromatic rings. The van der Waals surface area contributed by atoms with Crippen LogP contribution in [0.1, 0.15) is 38.5 Å². The highest BCUT2D eigenvalue weighted by Gasteiger charge is 1.98. The summed E-state index contributed by atoms with van der Waals surface area (Å²) in [6.45, 7) is 0. The van der Waals surface area contributed by atoms with Crippen LogP contribution in [0.15, 0.2) is 0 Å². The van der Waals surface area contributed by atoms with Gasteiger partial charge in [-0.15, -0.1) is 0 Å². The maximum atomic E-state index is 10.0. The maximum Gasteiger partial charge on any atom is 0.303 e. The van der Waals surface area contributed by atoms with Crippen molar-refractivity contribution >= 4 is 11.9 Å². The van der Waals surface area contributed by atoms with Crippen molar-refractivity contribution in [1.82, 2.24) is 0 Å². The van der Waals surface area contributed by atoms with Gasteiger partial charge in [0.1, 0.15) is 0 Å². The van der Waals surface area contributed by atoms with E-state index in [0.29, 0.717) is 12.8 Å². The Hall–Kier alpha value is -1.14. The van der Waals surface area contributed by atoms with E-state index in [2.05, 4.69) is 11.7 Å². The van der Waals surface area contributed by atoms with Crippen LogP contribution in [0.25, 0.3) is 0 Å². The van der Waals surface area contributed by atoms with E-state index in [4.69, 9.17) is 10.2 Å². The van der Waals surface area contributed by atoms with Crippen LogP contribution in [-0.2, 0) is 9.59 Å². The molecule has 84 valence electrons. The largest absolute Gasteiger partial charge is 0.481 e. The highest BCUT2D eigenvalue weighted by atomic mass is 16.4. The van der Waals surface area contributed by atoms with Gasteiger partial charge in [0.05, 0.1) is 0 Å². The summed E-state index contributed by atoms with van der Waals surface area (Å²) in [5, 5.41) is 16.5. The van der Waals surface area contributed by atoms with Crippen molar-refractivity contribution in [1.29, 1.82) is 0 Å². The second-order valence-electron chi connectivity index (χ2n) is 2.70. The molecular formula is C8H18N2O4. The summed E-state index contributed by atoms with van der Waals surface area (Å²) in [7, 11) is 0. The molecule has 0 saturated heterocycles. The minimum Gasteiger partial charge on any atom is -0.481 e. The van der Waals surface area contributed by atoms with E-state index in [-0.39, 0.29) is 12.8 Å². The van der Waals surface area contributed by atoms with Gasteiger partial charge in [0.25, 0.3) is 0 Å². The maximum absolute atomic E-state index is 10.0. The zero-order valence-electron chi connectivity index (χ0n) is 8.11. The summed E-state index contributed by atoms with van der Waals surface area (Å²) in [5.74, 6) is 6.43. The molecule has 0 radical (unpaired) electrons. The fourth-order valence-corrected chi connectivity index (χ4v) is 0.906. The molecule has 0 saturated carbocycles. The average Bonchev–Trinajstić information content (AvgIpc) is 2.13. The molecule has 0 fully saturated rings. The van der Waals surface area contributed by atoms with Gasteiger partial charge in [-0.2, -0.15) is 0 Å². The van der Waals surface area contributed by atoms with E-state index in [0.717, 1.165) is 12.8 Å². The lowest BCUT2D eigenvalue weighted by molar-refractivity contribution is -0.138. The average molecular weight is 206 g/mol. The first-order valence-corrected chi connectivity index (χ1v) is 4.40. The highest BCUT2D eigenvalue weighted by molar-refractivity contribution is 5.66. The molecule has 0 bridgehead atoms. The molecule has 0 rings (SSSR count). The minimum absolute atomic E-state index is 0.188. The number of aliphatic carboxylic acids is 2. The van der Waals surface area contributed by atoms with Gasteiger partial charge in [-0.3, -0.25) is 21.3 Å². The van der Waals surface area contributed by atoms with E-state index in [1.807, 2.05) is 0 Å². The number of hydrazine groups is 1. The predicted molar refractivity (Wildman–Crippen MR) is 51.3 cm³/mol. The first-order chi connectivity index (χ1) is 6.63. The Morgan fingerprint density at radius 3 is 1.29 bits per heavy atom. The van der Waals surface area contributed by atoms with Gasteiger partial charge in [0, 0.05) is 12.8 Å². The number of carbonyl (C=O) groups is 2. The topological polar surface area (TPSA) is 127 Å². The Morgan fingerprint density at radius 2 is 1.07 bits per heavy atom. The highest BCUT2D eigenvalue weighted by Crippen LogP contribution is 2.04. The summed E-state index contributed by atoms with van der Waals surface area (Å²) < 4.78 is 0. The van der Waals surface area contributed by atoms with E-state index < -0.39 is 11.9 Å². The molecule has 0 aromatic carbocycles. The fourth-order valence-electron chi connectivity index (χ4n) is 0.906. The molecule has 0 amide bonds. The Kier molecular flexibility index (Phi) is 13.0. The van der Waals surface area contributed by atoms with E-state index >= 15 is 0 Å². The number of rotatable bonds is 7. The van der Waals surface area contributed by atoms with Crippen LogP contribution in [0.3, 0.4) is 0 Å². The third-order valence-corrected chi connectivity index (χ3v) is 1.53. The Labute approximate surface area is 82.9 Å². The van der Waals surface area contributed by atoms with Gasteiger partial charge >= 0.3 is 11.9 Å². The standard InChI is InChI=1S/C8H14O4.H4N2/c9-7(10)5-3-1-2-4-6-8(11)12;1-2/h1-6H2,(H,9,10)(H,11,12);1-2H2. The predicted octanol–water partition coefficient (Wildman–Crippen LogP) is 0.315. The number of unbranched alkanes of at least 4 members (excludes halogenated alkanes) is 3. The molecule has 0 unspecified atom stereocenters. The van der Waals surface area contributed by atoms with Gasteiger partial charge in [0.15, 0.2) is 0 Å². The molecule has 0 aliphatic rings. The van der Waals surface area contributed by atoms with Crippen molar-refractivity contribution in [2.75, 3.05) is 0 Å². The quantitative estimate of drug-likeness (QED) is 0.270. The first-order valence-electron chi connectivity index (χ1n) is 4.40. The third kappa shape index (κ3) is 17.1. The lowest BCUT2D eigenvalue weighted by atomic mass is 10.1. The third-order valence-electron chi connectivity index (χ3n) is 1.53. The normalized spacial score (nSPS) is 8.71. The summed E-state index contributed by atoms with van der Waals surface area (Å²) >= 11 is 0. The fraction of sp³-hybridized carbons (Fsp3) is 0.750. The second-order valence-corrected chi connectivity index (χ2v) is 2.70. The Balaban J connectivity index is 0. The molecule has 0 spiro atoms. The number of carboxylic acids is 2. The SMILES string of the molecule is NN.O=C(O)CCCCCCC(=O)O. The van der Waals surface area contributed by atoms with E-state index in [1.165, 1.54) is 0 Å². The molecule has 0 atom stereocenters. The van der Waals surface area contributed by atoms with E-state index in [9.17, 15) is 9.59 Å². The number of hydrogen-bond donors (Lipinski definition) is 4. The van der Waals surface area contributed by atoms with Crippen LogP contribution in [0.2, 0.25) is 0 Å². The second kappa shape index (κ2) is 11.9. The van der Waals surface area contributed by atoms with Crippen molar-refractivity contribution in [2.24, 2.45) is 11.7 Å². The van der Waals surface area contributed by atoms with Crippen molar-refractivity contribution in [3.05, 3.63) is 0 Å². The summed E-state index contributed by atoms with van der Waals surface area (Å²) in [6.07, 6.45) is 3.28. The van der Waals surface area contributed by atoms with Gasteiger partial charge in [-0.25, -0.2) is 0 Å². The summed E-state index contributed by atoms with van der Waals surface area (Å²) in [6, 6.07) is 0. The smallest absolute Gasteiger partial charge is 0.303 e. The Morgan fingerprint density at radius 1 is 0.786 bits per heavy atom. The summed E-state index contributed by atoms with van der Waals surface area (Å²) in [4.78, 5) is 20.1. The van der Waals surface area contributed by atoms with Crippen LogP contribution >= 0.6 is 0 Å². The van der Waals surface area contributed by atoms with Crippen LogP contribution in [0.5, 0.6) is 0 Å². The van der Waals surface area contributed by atoms with Crippen molar-refractivity contribution in [3.8, 4) is 0 Å². The lowest BCUT2D eigenvalue weighted by Crippen LogP contribution is -2.02. The van der Waals surface area contributed by atoms with Crippen molar-refractivity contribution < 1.29 is 19.8 Å². The molecular weight excluding hydrogens is 188 g/mol. The van der Waals surface area contributed by atoms with Crippen LogP contribution in [0, 0.1) is 0 Å². The number of hydrogen-bond acceptors (Lipinski definition) is 4. The van der Waals surface area contributed by atoms with Crippen LogP contribution in [-0.4, -0.2) is 22.2 Å². The number of nitrogens with two attached hydrogens (primary N) is 2. The van der Waals surface area contributed by atoms with E-state index in [1.54, 1.807) is 0 Å².